The molecule has 6 atom stereocenters. The maximum atomic E-state index is 12.7. The van der Waals surface area contributed by atoms with Crippen LogP contribution in [-0.4, -0.2) is 86.5 Å². The van der Waals surface area contributed by atoms with Crippen LogP contribution >= 0.6 is 0 Å². The van der Waals surface area contributed by atoms with Crippen LogP contribution in [0, 0.1) is 5.92 Å². The van der Waals surface area contributed by atoms with Gasteiger partial charge in [-0.2, -0.15) is 0 Å². The number of amides is 3. The van der Waals surface area contributed by atoms with Gasteiger partial charge in [0.05, 0.1) is 18.6 Å². The zero-order chi connectivity index (χ0) is 24.5. The molecule has 13 heteroatoms. The van der Waals surface area contributed by atoms with Crippen LogP contribution in [0.3, 0.4) is 0 Å². The van der Waals surface area contributed by atoms with Gasteiger partial charge in [0.2, 0.25) is 17.7 Å². The van der Waals surface area contributed by atoms with Crippen LogP contribution in [0.15, 0.2) is 0 Å². The number of rotatable bonds is 13. The van der Waals surface area contributed by atoms with E-state index in [1.54, 1.807) is 13.8 Å². The van der Waals surface area contributed by atoms with Crippen molar-refractivity contribution in [3.63, 3.8) is 0 Å². The number of aliphatic hydroxyl groups excluding tert-OH is 2. The van der Waals surface area contributed by atoms with Gasteiger partial charge < -0.3 is 42.1 Å². The number of aliphatic carboxylic acids is 2. The largest absolute Gasteiger partial charge is 0.481 e. The monoisotopic (exact) mass is 448 g/mol. The van der Waals surface area contributed by atoms with E-state index < -0.39 is 72.5 Å². The fourth-order valence-electron chi connectivity index (χ4n) is 2.49. The predicted molar refractivity (Wildman–Crippen MR) is 106 cm³/mol. The Kier molecular flexibility index (Phi) is 11.7. The number of hydrogen-bond donors (Lipinski definition) is 8. The third-order valence-corrected chi connectivity index (χ3v) is 4.22. The Morgan fingerprint density at radius 2 is 1.29 bits per heavy atom. The first-order chi connectivity index (χ1) is 14.2. The van der Waals surface area contributed by atoms with E-state index in [0.717, 1.165) is 6.92 Å². The summed E-state index contributed by atoms with van der Waals surface area (Å²) < 4.78 is 0. The minimum atomic E-state index is -1.78. The fraction of sp³-hybridized carbons (Fsp3) is 0.722. The summed E-state index contributed by atoms with van der Waals surface area (Å²) in [5, 5.41) is 43.7. The first-order valence-electron chi connectivity index (χ1n) is 9.64. The summed E-state index contributed by atoms with van der Waals surface area (Å²) in [6, 6.07) is -5.87. The molecule has 0 aromatic carbocycles. The molecule has 0 aliphatic heterocycles. The Hall–Kier alpha value is -2.77. The highest BCUT2D eigenvalue weighted by Gasteiger charge is 2.33. The van der Waals surface area contributed by atoms with Gasteiger partial charge in [-0.05, 0) is 26.2 Å². The van der Waals surface area contributed by atoms with E-state index in [2.05, 4.69) is 10.6 Å². The first-order valence-corrected chi connectivity index (χ1v) is 9.64. The molecule has 0 aliphatic rings. The van der Waals surface area contributed by atoms with Crippen LogP contribution in [0.2, 0.25) is 0 Å². The topological polar surface area (TPSA) is 228 Å². The maximum absolute atomic E-state index is 12.7. The van der Waals surface area contributed by atoms with E-state index >= 15 is 0 Å². The Balaban J connectivity index is 5.45. The molecular formula is C18H32N4O9. The highest BCUT2D eigenvalue weighted by Crippen LogP contribution is 2.07. The molecule has 6 unspecified atom stereocenters. The number of carbonyl (C=O) groups is 5. The highest BCUT2D eigenvalue weighted by atomic mass is 16.4. The molecule has 0 saturated carbocycles. The van der Waals surface area contributed by atoms with Gasteiger partial charge >= 0.3 is 11.9 Å². The van der Waals surface area contributed by atoms with Crippen LogP contribution in [0.1, 0.15) is 40.5 Å². The molecule has 0 radical (unpaired) electrons. The second-order valence-electron chi connectivity index (χ2n) is 7.68. The summed E-state index contributed by atoms with van der Waals surface area (Å²) in [6.45, 7) is 5.99. The van der Waals surface area contributed by atoms with Crippen LogP contribution in [-0.2, 0) is 24.0 Å². The van der Waals surface area contributed by atoms with Crippen LogP contribution in [0.5, 0.6) is 0 Å². The Bertz CT molecular complexity index is 666. The number of carboxylic acid groups (broad SMARTS) is 2. The third kappa shape index (κ3) is 10.2. The summed E-state index contributed by atoms with van der Waals surface area (Å²) in [6.07, 6.45) is -3.43. The van der Waals surface area contributed by atoms with Crippen molar-refractivity contribution < 1.29 is 44.4 Å². The van der Waals surface area contributed by atoms with Gasteiger partial charge in [-0.15, -0.1) is 0 Å². The second-order valence-corrected chi connectivity index (χ2v) is 7.68. The average molecular weight is 448 g/mol. The lowest BCUT2D eigenvalue weighted by Crippen LogP contribution is -2.60. The molecule has 31 heavy (non-hydrogen) atoms. The molecule has 0 fully saturated rings. The number of nitrogens with one attached hydrogen (secondary N) is 3. The van der Waals surface area contributed by atoms with Crippen molar-refractivity contribution in [3.05, 3.63) is 0 Å². The third-order valence-electron chi connectivity index (χ3n) is 4.22. The maximum Gasteiger partial charge on any atom is 0.326 e. The normalized spacial score (nSPS) is 16.9. The van der Waals surface area contributed by atoms with E-state index in [4.69, 9.17) is 15.9 Å². The van der Waals surface area contributed by atoms with Crippen LogP contribution in [0.4, 0.5) is 0 Å². The minimum absolute atomic E-state index is 0.0791. The number of hydrogen-bond acceptors (Lipinski definition) is 8. The molecule has 178 valence electrons. The van der Waals surface area contributed by atoms with Gasteiger partial charge in [0.25, 0.3) is 0 Å². The number of carbonyl (C=O) groups excluding carboxylic acids is 3. The molecule has 0 saturated heterocycles. The summed E-state index contributed by atoms with van der Waals surface area (Å²) in [5.74, 6) is -5.94. The molecular weight excluding hydrogens is 416 g/mol. The zero-order valence-corrected chi connectivity index (χ0v) is 17.9. The predicted octanol–water partition coefficient (Wildman–Crippen LogP) is -2.86. The molecule has 0 aromatic heterocycles. The summed E-state index contributed by atoms with van der Waals surface area (Å²) in [5.41, 5.74) is 5.56. The molecule has 0 aromatic rings. The lowest BCUT2D eigenvalue weighted by atomic mass is 10.0. The van der Waals surface area contributed by atoms with Gasteiger partial charge in [0.1, 0.15) is 24.2 Å². The molecule has 0 spiro atoms. The van der Waals surface area contributed by atoms with Crippen molar-refractivity contribution in [3.8, 4) is 0 Å². The lowest BCUT2D eigenvalue weighted by Gasteiger charge is -2.27. The summed E-state index contributed by atoms with van der Waals surface area (Å²) in [7, 11) is 0. The van der Waals surface area contributed by atoms with E-state index in [0.29, 0.717) is 0 Å². The fourth-order valence-corrected chi connectivity index (χ4v) is 2.49. The number of aliphatic hydroxyl groups is 2. The summed E-state index contributed by atoms with van der Waals surface area (Å²) in [4.78, 5) is 59.1. The molecule has 0 aliphatic carbocycles. The van der Waals surface area contributed by atoms with Crippen molar-refractivity contribution in [2.45, 2.75) is 76.9 Å². The zero-order valence-electron chi connectivity index (χ0n) is 17.9. The number of carboxylic acids is 2. The van der Waals surface area contributed by atoms with Crippen LogP contribution in [0.25, 0.3) is 0 Å². The van der Waals surface area contributed by atoms with Crippen molar-refractivity contribution >= 4 is 29.7 Å². The molecule has 0 rings (SSSR count). The van der Waals surface area contributed by atoms with E-state index in [1.165, 1.54) is 6.92 Å². The van der Waals surface area contributed by atoms with Gasteiger partial charge in [0.15, 0.2) is 0 Å². The molecule has 0 bridgehead atoms. The van der Waals surface area contributed by atoms with E-state index in [1.807, 2.05) is 5.32 Å². The summed E-state index contributed by atoms with van der Waals surface area (Å²) >= 11 is 0. The van der Waals surface area contributed by atoms with Crippen molar-refractivity contribution in [2.24, 2.45) is 11.7 Å². The molecule has 0 heterocycles. The van der Waals surface area contributed by atoms with Crippen molar-refractivity contribution in [1.29, 1.82) is 0 Å². The van der Waals surface area contributed by atoms with Crippen molar-refractivity contribution in [1.82, 2.24) is 16.0 Å². The Morgan fingerprint density at radius 3 is 1.68 bits per heavy atom. The Labute approximate surface area is 179 Å². The van der Waals surface area contributed by atoms with E-state index in [9.17, 15) is 34.2 Å². The van der Waals surface area contributed by atoms with Gasteiger partial charge in [0, 0.05) is 0 Å². The van der Waals surface area contributed by atoms with Gasteiger partial charge in [-0.25, -0.2) is 4.79 Å². The second kappa shape index (κ2) is 12.8. The lowest BCUT2D eigenvalue weighted by molar-refractivity contribution is -0.148. The van der Waals surface area contributed by atoms with Gasteiger partial charge in [-0.1, -0.05) is 13.8 Å². The quantitative estimate of drug-likeness (QED) is 0.144. The molecule has 9 N–H and O–H groups in total. The average Bonchev–Trinajstić information content (AvgIpc) is 2.62. The Morgan fingerprint density at radius 1 is 0.774 bits per heavy atom. The van der Waals surface area contributed by atoms with Crippen LogP contribution < -0.4 is 21.7 Å². The van der Waals surface area contributed by atoms with Gasteiger partial charge in [-0.3, -0.25) is 19.2 Å². The molecule has 3 amide bonds. The standard InChI is InChI=1S/C18H32N4O9/c1-7(2)5-10(20-16(28)13(19)8(3)23)15(27)22-14(9(4)24)17(29)21-11(18(30)31)6-12(25)26/h7-11,13-14,23-24H,5-6,19H2,1-4H3,(H,20,28)(H,21,29)(H,22,27)(H,25,26)(H,30,31). The first kappa shape index (κ1) is 28.2. The van der Waals surface area contributed by atoms with Crippen molar-refractivity contribution in [2.75, 3.05) is 0 Å². The minimum Gasteiger partial charge on any atom is -0.481 e. The highest BCUT2D eigenvalue weighted by molar-refractivity contribution is 5.95. The SMILES string of the molecule is CC(C)CC(NC(=O)C(N)C(C)O)C(=O)NC(C(=O)NC(CC(=O)O)C(=O)O)C(C)O. The molecule has 13 nitrogen and oxygen atoms in total. The van der Waals surface area contributed by atoms with E-state index in [-0.39, 0.29) is 12.3 Å². The number of nitrogens with two attached hydrogens (primary N) is 1. The smallest absolute Gasteiger partial charge is 0.326 e.